The maximum absolute atomic E-state index is 8.70. The van der Waals surface area contributed by atoms with E-state index in [1.807, 2.05) is 0 Å². The fourth-order valence-corrected chi connectivity index (χ4v) is 3.08. The SMILES string of the molecule is OCCC[C@H]1C[C@@H]2CC[C@H]1C2. The van der Waals surface area contributed by atoms with Gasteiger partial charge in [0.05, 0.1) is 0 Å². The van der Waals surface area contributed by atoms with Crippen LogP contribution in [0.15, 0.2) is 0 Å². The summed E-state index contributed by atoms with van der Waals surface area (Å²) in [7, 11) is 0. The first-order valence-corrected chi connectivity index (χ1v) is 5.01. The topological polar surface area (TPSA) is 20.2 Å². The van der Waals surface area contributed by atoms with Crippen LogP contribution in [0, 0.1) is 17.8 Å². The van der Waals surface area contributed by atoms with Gasteiger partial charge in [-0.05, 0) is 49.9 Å². The van der Waals surface area contributed by atoms with Crippen molar-refractivity contribution in [2.45, 2.75) is 38.5 Å². The van der Waals surface area contributed by atoms with Crippen LogP contribution >= 0.6 is 0 Å². The lowest BCUT2D eigenvalue weighted by Gasteiger charge is -2.20. The second-order valence-electron chi connectivity index (χ2n) is 4.30. The Hall–Kier alpha value is -0.0400. The first kappa shape index (κ1) is 7.60. The van der Waals surface area contributed by atoms with Crippen LogP contribution in [-0.2, 0) is 0 Å². The lowest BCUT2D eigenvalue weighted by atomic mass is 9.86. The molecule has 0 saturated heterocycles. The van der Waals surface area contributed by atoms with Crippen molar-refractivity contribution in [1.82, 2.24) is 0 Å². The number of rotatable bonds is 3. The summed E-state index contributed by atoms with van der Waals surface area (Å²) in [5.41, 5.74) is 0. The molecule has 0 aromatic carbocycles. The molecule has 2 aliphatic rings. The van der Waals surface area contributed by atoms with Crippen LogP contribution in [0.3, 0.4) is 0 Å². The van der Waals surface area contributed by atoms with Gasteiger partial charge in [-0.25, -0.2) is 0 Å². The molecule has 0 aliphatic heterocycles. The van der Waals surface area contributed by atoms with Gasteiger partial charge in [0.25, 0.3) is 0 Å². The Morgan fingerprint density at radius 3 is 2.64 bits per heavy atom. The van der Waals surface area contributed by atoms with E-state index in [-0.39, 0.29) is 0 Å². The van der Waals surface area contributed by atoms with Gasteiger partial charge in [0, 0.05) is 6.61 Å². The number of hydrogen-bond donors (Lipinski definition) is 1. The van der Waals surface area contributed by atoms with Gasteiger partial charge in [0.15, 0.2) is 0 Å². The minimum Gasteiger partial charge on any atom is -0.396 e. The van der Waals surface area contributed by atoms with Gasteiger partial charge in [-0.3, -0.25) is 0 Å². The predicted octanol–water partition coefficient (Wildman–Crippen LogP) is 2.20. The third-order valence-corrected chi connectivity index (χ3v) is 3.62. The van der Waals surface area contributed by atoms with Gasteiger partial charge < -0.3 is 5.11 Å². The molecule has 11 heavy (non-hydrogen) atoms. The molecule has 0 radical (unpaired) electrons. The van der Waals surface area contributed by atoms with Crippen molar-refractivity contribution < 1.29 is 5.11 Å². The van der Waals surface area contributed by atoms with E-state index in [0.29, 0.717) is 6.61 Å². The molecule has 0 aromatic rings. The maximum Gasteiger partial charge on any atom is 0.0431 e. The van der Waals surface area contributed by atoms with Crippen LogP contribution in [0.1, 0.15) is 38.5 Å². The summed E-state index contributed by atoms with van der Waals surface area (Å²) in [5.74, 6) is 3.11. The molecule has 2 rings (SSSR count). The summed E-state index contributed by atoms with van der Waals surface area (Å²) in [4.78, 5) is 0. The lowest BCUT2D eigenvalue weighted by Crippen LogP contribution is -2.10. The number of hydrogen-bond acceptors (Lipinski definition) is 1. The first-order chi connectivity index (χ1) is 5.40. The summed E-state index contributed by atoms with van der Waals surface area (Å²) in [6.45, 7) is 0.397. The van der Waals surface area contributed by atoms with Crippen molar-refractivity contribution >= 4 is 0 Å². The van der Waals surface area contributed by atoms with E-state index in [2.05, 4.69) is 0 Å². The van der Waals surface area contributed by atoms with E-state index >= 15 is 0 Å². The fourth-order valence-electron chi connectivity index (χ4n) is 3.08. The molecule has 3 atom stereocenters. The molecule has 2 bridgehead atoms. The van der Waals surface area contributed by atoms with Crippen molar-refractivity contribution in [2.75, 3.05) is 6.61 Å². The van der Waals surface area contributed by atoms with Gasteiger partial charge in [-0.15, -0.1) is 0 Å². The van der Waals surface area contributed by atoms with Gasteiger partial charge in [0.2, 0.25) is 0 Å². The highest BCUT2D eigenvalue weighted by atomic mass is 16.2. The van der Waals surface area contributed by atoms with Crippen molar-refractivity contribution in [3.63, 3.8) is 0 Å². The molecule has 0 aromatic heterocycles. The maximum atomic E-state index is 8.70. The van der Waals surface area contributed by atoms with Gasteiger partial charge in [0.1, 0.15) is 0 Å². The molecule has 2 fully saturated rings. The fraction of sp³-hybridized carbons (Fsp3) is 1.00. The van der Waals surface area contributed by atoms with E-state index in [1.165, 1.54) is 32.1 Å². The summed E-state index contributed by atoms with van der Waals surface area (Å²) >= 11 is 0. The zero-order valence-corrected chi connectivity index (χ0v) is 7.13. The van der Waals surface area contributed by atoms with Crippen molar-refractivity contribution in [3.05, 3.63) is 0 Å². The predicted molar refractivity (Wildman–Crippen MR) is 45.3 cm³/mol. The molecular weight excluding hydrogens is 136 g/mol. The Balaban J connectivity index is 1.78. The molecule has 0 amide bonds. The van der Waals surface area contributed by atoms with Crippen LogP contribution in [0.4, 0.5) is 0 Å². The largest absolute Gasteiger partial charge is 0.396 e. The Kier molecular flexibility index (Phi) is 2.17. The second-order valence-corrected chi connectivity index (χ2v) is 4.30. The summed E-state index contributed by atoms with van der Waals surface area (Å²) in [6.07, 6.45) is 8.30. The average Bonchev–Trinajstić information content (AvgIpc) is 2.60. The van der Waals surface area contributed by atoms with Crippen LogP contribution in [0.5, 0.6) is 0 Å². The first-order valence-electron chi connectivity index (χ1n) is 5.01. The quantitative estimate of drug-likeness (QED) is 0.660. The highest BCUT2D eigenvalue weighted by Gasteiger charge is 2.38. The number of fused-ring (bicyclic) bond motifs is 2. The summed E-state index contributed by atoms with van der Waals surface area (Å²) in [5, 5.41) is 8.70. The minimum atomic E-state index is 0.397. The van der Waals surface area contributed by atoms with Crippen molar-refractivity contribution in [1.29, 1.82) is 0 Å². The normalized spacial score (nSPS) is 41.7. The van der Waals surface area contributed by atoms with E-state index < -0.39 is 0 Å². The van der Waals surface area contributed by atoms with Crippen molar-refractivity contribution in [3.8, 4) is 0 Å². The summed E-state index contributed by atoms with van der Waals surface area (Å²) < 4.78 is 0. The third-order valence-electron chi connectivity index (χ3n) is 3.62. The van der Waals surface area contributed by atoms with Crippen LogP contribution in [0.2, 0.25) is 0 Å². The van der Waals surface area contributed by atoms with E-state index in [1.54, 1.807) is 0 Å². The zero-order chi connectivity index (χ0) is 7.68. The Labute approximate surface area is 68.8 Å². The molecule has 64 valence electrons. The minimum absolute atomic E-state index is 0.397. The molecule has 1 N–H and O–H groups in total. The number of aliphatic hydroxyl groups is 1. The van der Waals surface area contributed by atoms with Gasteiger partial charge >= 0.3 is 0 Å². The molecule has 1 heteroatoms. The monoisotopic (exact) mass is 154 g/mol. The van der Waals surface area contributed by atoms with E-state index in [0.717, 1.165) is 24.2 Å². The smallest absolute Gasteiger partial charge is 0.0431 e. The van der Waals surface area contributed by atoms with E-state index in [9.17, 15) is 0 Å². The Morgan fingerprint density at radius 2 is 2.09 bits per heavy atom. The lowest BCUT2D eigenvalue weighted by molar-refractivity contribution is 0.245. The second kappa shape index (κ2) is 3.14. The third kappa shape index (κ3) is 1.44. The van der Waals surface area contributed by atoms with Crippen LogP contribution < -0.4 is 0 Å². The molecule has 0 heterocycles. The summed E-state index contributed by atoms with van der Waals surface area (Å²) in [6, 6.07) is 0. The highest BCUT2D eigenvalue weighted by molar-refractivity contribution is 4.89. The average molecular weight is 154 g/mol. The molecule has 1 nitrogen and oxygen atoms in total. The zero-order valence-electron chi connectivity index (χ0n) is 7.13. The molecule has 0 spiro atoms. The van der Waals surface area contributed by atoms with Gasteiger partial charge in [-0.2, -0.15) is 0 Å². The van der Waals surface area contributed by atoms with Crippen molar-refractivity contribution in [2.24, 2.45) is 17.8 Å². The molecule has 0 unspecified atom stereocenters. The number of aliphatic hydroxyl groups excluding tert-OH is 1. The highest BCUT2D eigenvalue weighted by Crippen LogP contribution is 2.49. The van der Waals surface area contributed by atoms with E-state index in [4.69, 9.17) is 5.11 Å². The standard InChI is InChI=1S/C10H18O/c11-5-1-2-9-6-8-3-4-10(9)7-8/h8-11H,1-7H2/t8-,9-,10-/m0/s1. The van der Waals surface area contributed by atoms with Crippen LogP contribution in [-0.4, -0.2) is 11.7 Å². The Bertz CT molecular complexity index is 133. The molecule has 2 aliphatic carbocycles. The van der Waals surface area contributed by atoms with Gasteiger partial charge in [-0.1, -0.05) is 6.42 Å². The molecular formula is C10H18O. The van der Waals surface area contributed by atoms with Crippen LogP contribution in [0.25, 0.3) is 0 Å². The molecule has 2 saturated carbocycles. The Morgan fingerprint density at radius 1 is 1.18 bits per heavy atom.